The molecule has 0 fully saturated rings. The second-order valence-corrected chi connectivity index (χ2v) is 2.78. The van der Waals surface area contributed by atoms with Crippen LogP contribution in [0.1, 0.15) is 32.4 Å². The van der Waals surface area contributed by atoms with Crippen LogP contribution < -0.4 is 0 Å². The van der Waals surface area contributed by atoms with Gasteiger partial charge in [0.05, 0.1) is 0 Å². The van der Waals surface area contributed by atoms with Gasteiger partial charge in [0.1, 0.15) is 12.2 Å². The van der Waals surface area contributed by atoms with Crippen molar-refractivity contribution in [1.29, 1.82) is 0 Å². The van der Waals surface area contributed by atoms with E-state index in [1.54, 1.807) is 19.1 Å². The molecule has 0 saturated heterocycles. The van der Waals surface area contributed by atoms with E-state index < -0.39 is 12.2 Å². The number of benzene rings is 1. The molecule has 1 rings (SSSR count). The number of rotatable bonds is 1. The van der Waals surface area contributed by atoms with Crippen molar-refractivity contribution in [3.8, 4) is 11.8 Å². The second-order valence-electron chi connectivity index (χ2n) is 2.78. The molecule has 0 bridgehead atoms. The van der Waals surface area contributed by atoms with E-state index in [2.05, 4.69) is 11.8 Å². The third kappa shape index (κ3) is 5.90. The standard InChI is InChI=1S/C11H12O2.C2H6/c1-9(12)7-8-11(13)10-5-3-2-4-6-10;1-2/h2-6,9,11-13H,1H3;1-2H3. The molecule has 0 amide bonds. The summed E-state index contributed by atoms with van der Waals surface area (Å²) in [6, 6.07) is 9.13. The first-order valence-electron chi connectivity index (χ1n) is 5.12. The molecule has 0 spiro atoms. The molecule has 0 aliphatic heterocycles. The number of aliphatic hydroxyl groups excluding tert-OH is 2. The van der Waals surface area contributed by atoms with Crippen LogP contribution in [0.5, 0.6) is 0 Å². The summed E-state index contributed by atoms with van der Waals surface area (Å²) in [5.41, 5.74) is 0.746. The lowest BCUT2D eigenvalue weighted by Crippen LogP contribution is -1.97. The predicted octanol–water partition coefficient (Wildman–Crippen LogP) is 2.13. The van der Waals surface area contributed by atoms with Crippen molar-refractivity contribution in [3.63, 3.8) is 0 Å². The lowest BCUT2D eigenvalue weighted by molar-refractivity contribution is 0.233. The van der Waals surface area contributed by atoms with E-state index in [1.807, 2.05) is 32.0 Å². The third-order valence-corrected chi connectivity index (χ3v) is 1.54. The number of hydrogen-bond donors (Lipinski definition) is 2. The maximum Gasteiger partial charge on any atom is 0.140 e. The molecule has 0 aromatic heterocycles. The van der Waals surface area contributed by atoms with E-state index in [4.69, 9.17) is 5.11 Å². The first kappa shape index (κ1) is 13.7. The molecule has 0 radical (unpaired) electrons. The molecule has 1 aromatic carbocycles. The molecular weight excluding hydrogens is 188 g/mol. The minimum atomic E-state index is -0.809. The van der Waals surface area contributed by atoms with Gasteiger partial charge >= 0.3 is 0 Å². The van der Waals surface area contributed by atoms with Gasteiger partial charge in [-0.15, -0.1) is 0 Å². The summed E-state index contributed by atoms with van der Waals surface area (Å²) in [6.45, 7) is 5.56. The summed E-state index contributed by atoms with van der Waals surface area (Å²) in [6.07, 6.45) is -1.51. The summed E-state index contributed by atoms with van der Waals surface area (Å²) in [4.78, 5) is 0. The van der Waals surface area contributed by atoms with Crippen LogP contribution in [0.4, 0.5) is 0 Å². The molecule has 2 nitrogen and oxygen atoms in total. The highest BCUT2D eigenvalue weighted by molar-refractivity contribution is 5.25. The molecule has 15 heavy (non-hydrogen) atoms. The van der Waals surface area contributed by atoms with Gasteiger partial charge in [0, 0.05) is 0 Å². The van der Waals surface area contributed by atoms with E-state index in [9.17, 15) is 5.11 Å². The van der Waals surface area contributed by atoms with Crippen LogP contribution in [0, 0.1) is 11.8 Å². The highest BCUT2D eigenvalue weighted by Gasteiger charge is 2.00. The minimum absolute atomic E-state index is 0.696. The topological polar surface area (TPSA) is 40.5 Å². The zero-order valence-corrected chi connectivity index (χ0v) is 9.44. The zero-order valence-electron chi connectivity index (χ0n) is 9.44. The lowest BCUT2D eigenvalue weighted by Gasteiger charge is -2.02. The van der Waals surface area contributed by atoms with Crippen LogP contribution >= 0.6 is 0 Å². The van der Waals surface area contributed by atoms with Crippen LogP contribution in [-0.2, 0) is 0 Å². The van der Waals surface area contributed by atoms with Crippen LogP contribution in [0.2, 0.25) is 0 Å². The van der Waals surface area contributed by atoms with Gasteiger partial charge in [0.25, 0.3) is 0 Å². The maximum absolute atomic E-state index is 9.48. The Morgan fingerprint density at radius 2 is 1.53 bits per heavy atom. The second kappa shape index (κ2) is 8.05. The highest BCUT2D eigenvalue weighted by atomic mass is 16.3. The van der Waals surface area contributed by atoms with Gasteiger partial charge in [-0.3, -0.25) is 0 Å². The van der Waals surface area contributed by atoms with Crippen molar-refractivity contribution in [2.45, 2.75) is 33.0 Å². The Morgan fingerprint density at radius 3 is 2.00 bits per heavy atom. The molecule has 2 atom stereocenters. The molecular formula is C13H18O2. The first-order valence-corrected chi connectivity index (χ1v) is 5.12. The molecule has 82 valence electrons. The smallest absolute Gasteiger partial charge is 0.140 e. The molecule has 2 N–H and O–H groups in total. The van der Waals surface area contributed by atoms with Gasteiger partial charge in [-0.2, -0.15) is 0 Å². The minimum Gasteiger partial charge on any atom is -0.381 e. The normalized spacial score (nSPS) is 12.6. The molecule has 0 heterocycles. The molecule has 0 aliphatic carbocycles. The van der Waals surface area contributed by atoms with Gasteiger partial charge < -0.3 is 10.2 Å². The highest BCUT2D eigenvalue weighted by Crippen LogP contribution is 2.09. The fourth-order valence-electron chi connectivity index (χ4n) is 0.918. The Kier molecular flexibility index (Phi) is 7.35. The number of aliphatic hydroxyl groups is 2. The Labute approximate surface area is 91.6 Å². The van der Waals surface area contributed by atoms with Crippen molar-refractivity contribution in [1.82, 2.24) is 0 Å². The monoisotopic (exact) mass is 206 g/mol. The van der Waals surface area contributed by atoms with E-state index in [-0.39, 0.29) is 0 Å². The summed E-state index contributed by atoms with van der Waals surface area (Å²) in [7, 11) is 0. The third-order valence-electron chi connectivity index (χ3n) is 1.54. The average molecular weight is 206 g/mol. The SMILES string of the molecule is CC.CC(O)C#CC(O)c1ccccc1. The van der Waals surface area contributed by atoms with Crippen LogP contribution in [0.25, 0.3) is 0 Å². The zero-order chi connectivity index (χ0) is 11.7. The Hall–Kier alpha value is -1.30. The van der Waals surface area contributed by atoms with Crippen molar-refractivity contribution in [2.24, 2.45) is 0 Å². The van der Waals surface area contributed by atoms with Gasteiger partial charge in [0.15, 0.2) is 0 Å². The maximum atomic E-state index is 9.48. The first-order chi connectivity index (χ1) is 7.20. The summed E-state index contributed by atoms with van der Waals surface area (Å²) < 4.78 is 0. The predicted molar refractivity (Wildman–Crippen MR) is 62.2 cm³/mol. The van der Waals surface area contributed by atoms with Gasteiger partial charge in [0.2, 0.25) is 0 Å². The van der Waals surface area contributed by atoms with Crippen LogP contribution in [-0.4, -0.2) is 16.3 Å². The Morgan fingerprint density at radius 1 is 1.00 bits per heavy atom. The van der Waals surface area contributed by atoms with E-state index >= 15 is 0 Å². The number of hydrogen-bond acceptors (Lipinski definition) is 2. The molecule has 0 saturated carbocycles. The van der Waals surface area contributed by atoms with Gasteiger partial charge in [-0.1, -0.05) is 56.0 Å². The van der Waals surface area contributed by atoms with E-state index in [1.165, 1.54) is 0 Å². The van der Waals surface area contributed by atoms with Crippen molar-refractivity contribution in [3.05, 3.63) is 35.9 Å². The van der Waals surface area contributed by atoms with Crippen LogP contribution in [0.15, 0.2) is 30.3 Å². The van der Waals surface area contributed by atoms with Crippen LogP contribution in [0.3, 0.4) is 0 Å². The average Bonchev–Trinajstić information content (AvgIpc) is 2.30. The Bertz CT molecular complexity index is 306. The Balaban J connectivity index is 0.000000921. The molecule has 2 heteroatoms. The molecule has 1 aromatic rings. The summed E-state index contributed by atoms with van der Waals surface area (Å²) in [5, 5.41) is 18.3. The van der Waals surface area contributed by atoms with Gasteiger partial charge in [-0.25, -0.2) is 0 Å². The summed E-state index contributed by atoms with van der Waals surface area (Å²) >= 11 is 0. The largest absolute Gasteiger partial charge is 0.381 e. The van der Waals surface area contributed by atoms with E-state index in [0.717, 1.165) is 5.56 Å². The van der Waals surface area contributed by atoms with E-state index in [0.29, 0.717) is 0 Å². The quantitative estimate of drug-likeness (QED) is 0.691. The van der Waals surface area contributed by atoms with Crippen molar-refractivity contribution < 1.29 is 10.2 Å². The van der Waals surface area contributed by atoms with Crippen molar-refractivity contribution in [2.75, 3.05) is 0 Å². The summed E-state index contributed by atoms with van der Waals surface area (Å²) in [5.74, 6) is 5.05. The lowest BCUT2D eigenvalue weighted by atomic mass is 10.1. The van der Waals surface area contributed by atoms with Gasteiger partial charge in [-0.05, 0) is 12.5 Å². The fraction of sp³-hybridized carbons (Fsp3) is 0.385. The molecule has 0 aliphatic rings. The van der Waals surface area contributed by atoms with Crippen molar-refractivity contribution >= 4 is 0 Å². The fourth-order valence-corrected chi connectivity index (χ4v) is 0.918. The molecule has 2 unspecified atom stereocenters.